The molecule has 1 aromatic carbocycles. The van der Waals surface area contributed by atoms with Gasteiger partial charge in [0.2, 0.25) is 0 Å². The van der Waals surface area contributed by atoms with Crippen molar-refractivity contribution >= 4 is 40.7 Å². The van der Waals surface area contributed by atoms with Crippen molar-refractivity contribution in [3.63, 3.8) is 0 Å². The molecule has 6 rings (SSSR count). The van der Waals surface area contributed by atoms with Crippen LogP contribution in [0.3, 0.4) is 0 Å². The summed E-state index contributed by atoms with van der Waals surface area (Å²) in [5.74, 6) is -5.82. The number of Topliss-reactive ketones (excluding diaryl/α,β-unsaturated/α-hetero) is 1. The Morgan fingerprint density at radius 3 is 2.39 bits per heavy atom. The van der Waals surface area contributed by atoms with E-state index in [-0.39, 0.29) is 36.5 Å². The van der Waals surface area contributed by atoms with E-state index < -0.39 is 106 Å². The number of unbranched alkanes of at least 4 members (excludes halogenated alkanes) is 1. The smallest absolute Gasteiger partial charge is 0.338 e. The molecule has 1 aromatic heterocycles. The number of hydrogen-bond acceptors (Lipinski definition) is 16. The lowest BCUT2D eigenvalue weighted by atomic mass is 9.49. The third kappa shape index (κ3) is 8.47. The van der Waals surface area contributed by atoms with Gasteiger partial charge in [-0.15, -0.1) is 0 Å². The van der Waals surface area contributed by atoms with E-state index in [0.717, 1.165) is 31.5 Å². The molecule has 1 amide bonds. The number of esters is 3. The van der Waals surface area contributed by atoms with Crippen molar-refractivity contribution in [1.29, 1.82) is 0 Å². The Labute approximate surface area is 346 Å². The molecule has 3 aliphatic carbocycles. The highest BCUT2D eigenvalue weighted by atomic mass is 32.2. The van der Waals surface area contributed by atoms with Crippen LogP contribution in [0.2, 0.25) is 0 Å². The maximum absolute atomic E-state index is 15.1. The molecule has 59 heavy (non-hydrogen) atoms. The van der Waals surface area contributed by atoms with E-state index in [2.05, 4.69) is 5.32 Å². The number of fused-ring (bicyclic) bond motifs is 5. The summed E-state index contributed by atoms with van der Waals surface area (Å²) in [6.07, 6.45) is -6.78. The first-order valence-electron chi connectivity index (χ1n) is 19.8. The molecule has 11 atom stereocenters. The molecule has 16 nitrogen and oxygen atoms in total. The predicted molar refractivity (Wildman–Crippen MR) is 208 cm³/mol. The summed E-state index contributed by atoms with van der Waals surface area (Å²) in [5.41, 5.74) is -4.43. The SMILES string of the molecule is CCCCSC(=O)N[C@@H](c1ccco1)[C@@H](O)C(=O)O[C@H]1C[C@@]2(O)[C@@H](OOCc3ccccc3)[C@H]3[C@@H](C(=O)[C@H](OC(C)=O)C(=C1C)C2(C)C)[C@@H](O)C[C@H]1OC[C@@]31OC(C)=O. The van der Waals surface area contributed by atoms with Crippen LogP contribution in [0.25, 0.3) is 0 Å². The molecule has 2 saturated carbocycles. The highest BCUT2D eigenvalue weighted by molar-refractivity contribution is 8.13. The van der Waals surface area contributed by atoms with E-state index >= 15 is 4.79 Å². The molecule has 2 bridgehead atoms. The van der Waals surface area contributed by atoms with Gasteiger partial charge >= 0.3 is 17.9 Å². The van der Waals surface area contributed by atoms with Gasteiger partial charge in [0.1, 0.15) is 42.3 Å². The molecular weight excluding hydrogens is 791 g/mol. The zero-order valence-electron chi connectivity index (χ0n) is 33.9. The van der Waals surface area contributed by atoms with E-state index in [0.29, 0.717) is 11.3 Å². The molecule has 1 saturated heterocycles. The predicted octanol–water partition coefficient (Wildman–Crippen LogP) is 4.04. The van der Waals surface area contributed by atoms with Gasteiger partial charge in [-0.05, 0) is 42.2 Å². The van der Waals surface area contributed by atoms with Crippen LogP contribution in [-0.4, -0.2) is 104 Å². The lowest BCUT2D eigenvalue weighted by molar-refractivity contribution is -0.413. The Morgan fingerprint density at radius 1 is 1.05 bits per heavy atom. The minimum atomic E-state index is -2.23. The van der Waals surface area contributed by atoms with Crippen molar-refractivity contribution in [3.05, 3.63) is 71.2 Å². The zero-order chi connectivity index (χ0) is 42.9. The highest BCUT2D eigenvalue weighted by Gasteiger charge is 2.74. The van der Waals surface area contributed by atoms with Crippen molar-refractivity contribution in [1.82, 2.24) is 5.32 Å². The lowest BCUT2D eigenvalue weighted by Crippen LogP contribution is -2.79. The van der Waals surface area contributed by atoms with Crippen LogP contribution in [0, 0.1) is 17.3 Å². The van der Waals surface area contributed by atoms with Gasteiger partial charge in [0.25, 0.3) is 5.24 Å². The first kappa shape index (κ1) is 44.5. The molecule has 0 radical (unpaired) electrons. The number of carbonyl (C=O) groups is 5. The second-order valence-corrected chi connectivity index (χ2v) is 17.3. The van der Waals surface area contributed by atoms with Crippen LogP contribution in [0.1, 0.15) is 84.6 Å². The number of aliphatic hydroxyl groups excluding tert-OH is 2. The standard InChI is InChI=1S/C42H53NO15S/c1-7-8-17-59-39(50)43-33(27-15-12-16-52-27)35(48)38(49)56-28-19-42(51)37(58-54-20-25-13-10-9-11-14-25)32-30(26(46)18-29-41(32,21-53-29)57-24(4)45)34(47)36(55-23(3)44)31(22(28)2)40(42,5)6/h9-16,26,28-30,32-33,35-37,46,48,51H,7-8,17-21H2,1-6H3,(H,43,50)/t26-,28-,29+,30-,32+,33-,35+,36+,37-,41-,42+/m0/s1. The van der Waals surface area contributed by atoms with Crippen molar-refractivity contribution in [2.75, 3.05) is 12.4 Å². The van der Waals surface area contributed by atoms with Gasteiger partial charge in [-0.25, -0.2) is 14.6 Å². The van der Waals surface area contributed by atoms with Crippen molar-refractivity contribution in [2.24, 2.45) is 17.3 Å². The quantitative estimate of drug-likeness (QED) is 0.0526. The monoisotopic (exact) mass is 843 g/mol. The van der Waals surface area contributed by atoms with Crippen molar-refractivity contribution in [2.45, 2.75) is 128 Å². The van der Waals surface area contributed by atoms with Gasteiger partial charge in [-0.1, -0.05) is 69.3 Å². The number of aliphatic hydroxyl groups is 3. The van der Waals surface area contributed by atoms with E-state index in [1.165, 1.54) is 25.3 Å². The van der Waals surface area contributed by atoms with Gasteiger partial charge in [0, 0.05) is 43.8 Å². The summed E-state index contributed by atoms with van der Waals surface area (Å²) >= 11 is 0.982. The summed E-state index contributed by atoms with van der Waals surface area (Å²) in [6.45, 7) is 8.69. The number of hydrogen-bond donors (Lipinski definition) is 4. The molecule has 0 spiro atoms. The van der Waals surface area contributed by atoms with E-state index in [1.54, 1.807) is 45.0 Å². The van der Waals surface area contributed by atoms with Gasteiger partial charge in [0.05, 0.1) is 24.9 Å². The average Bonchev–Trinajstić information content (AvgIpc) is 3.71. The number of amides is 1. The summed E-state index contributed by atoms with van der Waals surface area (Å²) in [4.78, 5) is 79.8. The third-order valence-corrected chi connectivity index (χ3v) is 13.1. The second kappa shape index (κ2) is 17.9. The summed E-state index contributed by atoms with van der Waals surface area (Å²) < 4.78 is 29.1. The topological polar surface area (TPSA) is 227 Å². The third-order valence-electron chi connectivity index (χ3n) is 12.2. The second-order valence-electron chi connectivity index (χ2n) is 16.2. The minimum Gasteiger partial charge on any atom is -0.467 e. The van der Waals surface area contributed by atoms with Crippen LogP contribution >= 0.6 is 11.8 Å². The van der Waals surface area contributed by atoms with Crippen LogP contribution in [0.4, 0.5) is 4.79 Å². The molecule has 2 aromatic rings. The molecular formula is C42H53NO15S. The molecule has 2 heterocycles. The van der Waals surface area contributed by atoms with Gasteiger partial charge in [-0.3, -0.25) is 19.2 Å². The van der Waals surface area contributed by atoms with E-state index in [9.17, 15) is 34.5 Å². The number of furan rings is 1. The Bertz CT molecular complexity index is 1900. The number of ether oxygens (including phenoxy) is 4. The fourth-order valence-corrected chi connectivity index (χ4v) is 10.0. The minimum absolute atomic E-state index is 0.0674. The highest BCUT2D eigenvalue weighted by Crippen LogP contribution is 2.61. The fourth-order valence-electron chi connectivity index (χ4n) is 9.21. The van der Waals surface area contributed by atoms with Gasteiger partial charge in [0.15, 0.2) is 23.6 Å². The fraction of sp³-hybridized carbons (Fsp3) is 0.595. The first-order valence-corrected chi connectivity index (χ1v) is 20.8. The summed E-state index contributed by atoms with van der Waals surface area (Å²) in [5, 5.41) is 38.9. The Balaban J connectivity index is 1.46. The summed E-state index contributed by atoms with van der Waals surface area (Å²) in [6, 6.07) is 10.6. The van der Waals surface area contributed by atoms with E-state index in [1.807, 2.05) is 13.0 Å². The number of thioether (sulfide) groups is 1. The number of carbonyl (C=O) groups excluding carboxylic acids is 5. The molecule has 4 aliphatic rings. The maximum Gasteiger partial charge on any atom is 0.338 e. The first-order chi connectivity index (χ1) is 28.0. The molecule has 0 unspecified atom stereocenters. The van der Waals surface area contributed by atoms with Gasteiger partial charge < -0.3 is 44.0 Å². The molecule has 17 heteroatoms. The maximum atomic E-state index is 15.1. The number of nitrogens with one attached hydrogen (secondary N) is 1. The van der Waals surface area contributed by atoms with Crippen molar-refractivity contribution in [3.8, 4) is 0 Å². The van der Waals surface area contributed by atoms with Crippen LogP contribution in [0.5, 0.6) is 0 Å². The lowest BCUT2D eigenvalue weighted by Gasteiger charge is -2.64. The number of benzene rings is 1. The van der Waals surface area contributed by atoms with Crippen LogP contribution in [0.15, 0.2) is 64.3 Å². The molecule has 1 aliphatic heterocycles. The molecule has 3 fully saturated rings. The zero-order valence-corrected chi connectivity index (χ0v) is 34.7. The van der Waals surface area contributed by atoms with Crippen LogP contribution < -0.4 is 5.32 Å². The number of ketones is 1. The van der Waals surface area contributed by atoms with Gasteiger partial charge in [-0.2, -0.15) is 0 Å². The Morgan fingerprint density at radius 2 is 1.78 bits per heavy atom. The summed E-state index contributed by atoms with van der Waals surface area (Å²) in [7, 11) is 0. The number of rotatable bonds is 14. The Hall–Kier alpha value is -4.10. The van der Waals surface area contributed by atoms with Crippen LogP contribution in [-0.2, 0) is 54.5 Å². The molecule has 4 N–H and O–H groups in total. The van der Waals surface area contributed by atoms with Crippen molar-refractivity contribution < 1.29 is 72.4 Å². The Kier molecular flexibility index (Phi) is 13.5. The average molecular weight is 844 g/mol. The van der Waals surface area contributed by atoms with E-state index in [4.69, 9.17) is 33.1 Å². The normalized spacial score (nSPS) is 31.9. The molecule has 322 valence electrons. The largest absolute Gasteiger partial charge is 0.467 e.